The van der Waals surface area contributed by atoms with E-state index in [1.165, 1.54) is 26.2 Å². The van der Waals surface area contributed by atoms with Gasteiger partial charge in [-0.15, -0.1) is 0 Å². The molecule has 5 aliphatic heterocycles. The first-order valence-corrected chi connectivity index (χ1v) is 30.6. The highest BCUT2D eigenvalue weighted by Gasteiger charge is 2.56. The van der Waals surface area contributed by atoms with Crippen LogP contribution in [0.2, 0.25) is 0 Å². The molecule has 4 N–H and O–H groups in total. The monoisotopic (exact) mass is 1280 g/mol. The number of halogens is 8. The van der Waals surface area contributed by atoms with Crippen LogP contribution in [0, 0.1) is 22.5 Å². The van der Waals surface area contributed by atoms with Crippen molar-refractivity contribution in [3.63, 3.8) is 0 Å². The van der Waals surface area contributed by atoms with Crippen molar-refractivity contribution in [2.45, 2.75) is 103 Å². The van der Waals surface area contributed by atoms with Crippen molar-refractivity contribution in [2.24, 2.45) is 10.8 Å². The molecule has 2 spiro atoms. The summed E-state index contributed by atoms with van der Waals surface area (Å²) in [5, 5.41) is -0.388. The van der Waals surface area contributed by atoms with Gasteiger partial charge in [-0.2, -0.15) is 36.3 Å². The molecule has 29 heteroatoms. The first-order chi connectivity index (χ1) is 42.6. The van der Waals surface area contributed by atoms with E-state index >= 15 is 39.9 Å². The van der Waals surface area contributed by atoms with Crippen molar-refractivity contribution in [1.29, 1.82) is 0 Å². The minimum atomic E-state index is -5.12. The van der Waals surface area contributed by atoms with Gasteiger partial charge in [0.25, 0.3) is 5.91 Å². The normalized spacial score (nSPS) is 23.2. The van der Waals surface area contributed by atoms with Gasteiger partial charge < -0.3 is 45.3 Å². The summed E-state index contributed by atoms with van der Waals surface area (Å²) in [5.41, 5.74) is 4.32. The molecule has 0 bridgehead atoms. The highest BCUT2D eigenvalue weighted by Crippen LogP contribution is 2.56. The number of nitrogens with two attached hydrogens (primary N) is 2. The van der Waals surface area contributed by atoms with Crippen LogP contribution in [0.25, 0.3) is 64.5 Å². The molecule has 2 unspecified atom stereocenters. The van der Waals surface area contributed by atoms with Crippen molar-refractivity contribution >= 4 is 98.6 Å². The number of hydrogen-bond acceptors (Lipinski definition) is 17. The maximum atomic E-state index is 16.0. The van der Waals surface area contributed by atoms with Crippen molar-refractivity contribution in [3.8, 4) is 33.8 Å². The summed E-state index contributed by atoms with van der Waals surface area (Å²) >= 11 is 1.51. The van der Waals surface area contributed by atoms with Gasteiger partial charge in [0.05, 0.1) is 61.2 Å². The van der Waals surface area contributed by atoms with E-state index in [9.17, 15) is 14.4 Å². The molecule has 4 fully saturated rings. The summed E-state index contributed by atoms with van der Waals surface area (Å²) < 4.78 is 148. The number of carbonyl (C=O) groups excluding carboxylic acids is 2. The third-order valence-corrected chi connectivity index (χ3v) is 20.5. The summed E-state index contributed by atoms with van der Waals surface area (Å²) in [6.07, 6.45) is -8.18. The Bertz CT molecular complexity index is 4580. The molecule has 4 aromatic heterocycles. The molecule has 4 aromatic carbocycles. The molecule has 90 heavy (non-hydrogen) atoms. The number of anilines is 4. The molecule has 2 amide bonds. The lowest BCUT2D eigenvalue weighted by Crippen LogP contribution is -2.63. The fraction of sp³-hybridized carbons (Fsp3) is 0.410. The Morgan fingerprint density at radius 2 is 1.12 bits per heavy atom. The summed E-state index contributed by atoms with van der Waals surface area (Å²) in [5.74, 6) is -3.39. The molecule has 0 radical (unpaired) electrons. The van der Waals surface area contributed by atoms with E-state index < -0.39 is 117 Å². The van der Waals surface area contributed by atoms with Crippen molar-refractivity contribution < 1.29 is 58.9 Å². The predicted octanol–water partition coefficient (Wildman–Crippen LogP) is 9.77. The number of nitrogens with zero attached hydrogens (tertiary/aromatic N) is 10. The number of rotatable bonds is 7. The van der Waals surface area contributed by atoms with Gasteiger partial charge in [-0.3, -0.25) is 18.7 Å². The van der Waals surface area contributed by atoms with Gasteiger partial charge in [-0.05, 0) is 83.0 Å². The van der Waals surface area contributed by atoms with E-state index in [2.05, 4.69) is 33.1 Å². The van der Waals surface area contributed by atoms with E-state index in [4.69, 9.17) is 25.7 Å². The molecule has 3 saturated heterocycles. The van der Waals surface area contributed by atoms with Crippen LogP contribution in [-0.4, -0.2) is 127 Å². The molecule has 470 valence electrons. The zero-order valence-electron chi connectivity index (χ0n) is 48.7. The number of ether oxygens (including phenoxy) is 3. The van der Waals surface area contributed by atoms with E-state index in [1.807, 2.05) is 0 Å². The smallest absolute Gasteiger partial charge is 0.417 e. The second-order valence-corrected chi connectivity index (χ2v) is 26.7. The first-order valence-electron chi connectivity index (χ1n) is 29.0. The molecular formula is C61H56F8N12O7S2. The summed E-state index contributed by atoms with van der Waals surface area (Å²) in [4.78, 5) is 81.6. The largest absolute Gasteiger partial charge is 0.490 e. The fourth-order valence-electron chi connectivity index (χ4n) is 14.7. The molecule has 14 rings (SSSR count). The number of thiazole rings is 2. The minimum Gasteiger partial charge on any atom is -0.490 e. The molecule has 6 atom stereocenters. The van der Waals surface area contributed by atoms with Gasteiger partial charge in [-0.1, -0.05) is 42.3 Å². The van der Waals surface area contributed by atoms with Gasteiger partial charge >= 0.3 is 23.7 Å². The molecular weight excluding hydrogens is 1230 g/mol. The Kier molecular flexibility index (Phi) is 13.5. The maximum Gasteiger partial charge on any atom is 0.417 e. The summed E-state index contributed by atoms with van der Waals surface area (Å²) in [6.45, 7) is 13.8. The third kappa shape index (κ3) is 9.00. The number of amides is 2. The lowest BCUT2D eigenvalue weighted by Gasteiger charge is -2.50. The number of alkyl halides is 6. The van der Waals surface area contributed by atoms with Crippen LogP contribution in [-0.2, 0) is 39.8 Å². The second kappa shape index (κ2) is 20.5. The molecule has 1 saturated carbocycles. The van der Waals surface area contributed by atoms with Crippen molar-refractivity contribution in [3.05, 3.63) is 105 Å². The van der Waals surface area contributed by atoms with Crippen LogP contribution in [0.5, 0.6) is 11.5 Å². The number of hydrogen-bond donors (Lipinski definition) is 2. The Hall–Kier alpha value is -8.44. The van der Waals surface area contributed by atoms with Crippen LogP contribution in [0.15, 0.2) is 70.8 Å². The van der Waals surface area contributed by atoms with E-state index in [0.29, 0.717) is 12.8 Å². The standard InChI is InChI=1S/C61H56F8N12O7S2/c1-7-39(82)80-26(2)17-76(18-27(80)3)52-34-16-36(61(67,68)69)41(32-10-12-38(63)49-43(32)73-55(71)90-49)47-45(34)79(57(85)75-52)22-59(24-87-47)25-88-50(59)30(6)53(83)81-28(4)19-77(20-29(81)5)51-33-15-35(60(64,65)66)40(31-9-11-37(62)48-42(31)72-54(70)89-48)46-44(33)78(56(84)74-51)21-58(23-86-46)13-8-14-58/h7,9-12,15-16,26-29,50H,1,6,8,13-14,17-25H2,2-5H3,(H2,70,72)(H2,71,73)/t26-,27+,28-,29+,50?,59?. The zero-order chi connectivity index (χ0) is 63.7. The number of carbonyl (C=O) groups is 2. The zero-order valence-corrected chi connectivity index (χ0v) is 50.3. The van der Waals surface area contributed by atoms with E-state index in [-0.39, 0.29) is 145 Å². The lowest BCUT2D eigenvalue weighted by molar-refractivity contribution is -0.191. The second-order valence-electron chi connectivity index (χ2n) is 24.7. The van der Waals surface area contributed by atoms with Crippen LogP contribution in [0.4, 0.5) is 57.0 Å². The van der Waals surface area contributed by atoms with Crippen LogP contribution < -0.4 is 42.1 Å². The molecule has 1 aliphatic carbocycles. The van der Waals surface area contributed by atoms with Gasteiger partial charge in [0.1, 0.15) is 36.0 Å². The Morgan fingerprint density at radius 3 is 1.54 bits per heavy atom. The van der Waals surface area contributed by atoms with Gasteiger partial charge in [0.2, 0.25) is 5.91 Å². The van der Waals surface area contributed by atoms with Crippen LogP contribution in [0.3, 0.4) is 0 Å². The SMILES string of the molecule is C=CC(=O)N1[C@H](C)CN(c2nc(=O)n3c4c(c(-c5ccc(F)c6sc(N)nc56)c(C(F)(F)F)cc24)OCC2(COC2C(=C)C(=O)N2[C@H](C)CN(c4nc(=O)n5c6c(c(-c7ccc(F)c8sc(N)nc78)c(C(F)(F)F)cc46)OCC4(CCC4)C5)C[C@@H]2C)C3)C[C@@H]1C. The molecule has 19 nitrogen and oxygen atoms in total. The average molecular weight is 1290 g/mol. The highest BCUT2D eigenvalue weighted by atomic mass is 32.1. The fourth-order valence-corrected chi connectivity index (χ4v) is 16.2. The molecule has 6 aliphatic rings. The minimum absolute atomic E-state index is 0.0226. The van der Waals surface area contributed by atoms with Gasteiger partial charge in [0.15, 0.2) is 21.8 Å². The molecule has 9 heterocycles. The number of nitrogen functional groups attached to an aromatic ring is 2. The Balaban J connectivity index is 0.829. The van der Waals surface area contributed by atoms with Gasteiger partial charge in [0, 0.05) is 107 Å². The topological polar surface area (TPSA) is 222 Å². The summed E-state index contributed by atoms with van der Waals surface area (Å²) in [7, 11) is 0. The quantitative estimate of drug-likeness (QED) is 0.112. The predicted molar refractivity (Wildman–Crippen MR) is 323 cm³/mol. The lowest BCUT2D eigenvalue weighted by atomic mass is 9.69. The van der Waals surface area contributed by atoms with Crippen LogP contribution >= 0.6 is 22.7 Å². The van der Waals surface area contributed by atoms with Gasteiger partial charge in [-0.25, -0.2) is 28.3 Å². The maximum absolute atomic E-state index is 16.0. The first kappa shape index (κ1) is 59.2. The number of fused-ring (bicyclic) bond motifs is 2. The number of aromatic nitrogens is 6. The number of piperazine rings is 2. The molecule has 8 aromatic rings. The highest BCUT2D eigenvalue weighted by molar-refractivity contribution is 7.22. The Morgan fingerprint density at radius 1 is 0.667 bits per heavy atom. The summed E-state index contributed by atoms with van der Waals surface area (Å²) in [6, 6.07) is 3.58. The van der Waals surface area contributed by atoms with Crippen LogP contribution in [0.1, 0.15) is 58.1 Å². The van der Waals surface area contributed by atoms with Crippen molar-refractivity contribution in [1.82, 2.24) is 38.9 Å². The van der Waals surface area contributed by atoms with E-state index in [1.54, 1.807) is 42.4 Å². The third-order valence-electron chi connectivity index (χ3n) is 18.8. The Labute approximate surface area is 513 Å². The average Bonchev–Trinajstić information content (AvgIpc) is 1.23. The van der Waals surface area contributed by atoms with Crippen molar-refractivity contribution in [2.75, 3.05) is 67.3 Å². The van der Waals surface area contributed by atoms with E-state index in [0.717, 1.165) is 59.4 Å². The number of benzene rings is 4.